The normalized spacial score (nSPS) is 18.5. The van der Waals surface area contributed by atoms with Gasteiger partial charge in [0.2, 0.25) is 0 Å². The van der Waals surface area contributed by atoms with Gasteiger partial charge in [0.15, 0.2) is 0 Å². The molecule has 6 nitrogen and oxygen atoms in total. The van der Waals surface area contributed by atoms with Crippen LogP contribution in [0.4, 0.5) is 11.5 Å². The van der Waals surface area contributed by atoms with Crippen LogP contribution in [0.15, 0.2) is 48.7 Å². The van der Waals surface area contributed by atoms with E-state index in [2.05, 4.69) is 9.88 Å². The second-order valence-corrected chi connectivity index (χ2v) is 4.85. The number of morpholine rings is 1. The van der Waals surface area contributed by atoms with Crippen molar-refractivity contribution in [3.8, 4) is 0 Å². The molecule has 1 fully saturated rings. The van der Waals surface area contributed by atoms with Crippen LogP contribution in [-0.4, -0.2) is 29.6 Å². The quantitative estimate of drug-likeness (QED) is 0.640. The van der Waals surface area contributed by atoms with Gasteiger partial charge in [-0.2, -0.15) is 0 Å². The smallest absolute Gasteiger partial charge is 0.287 e. The summed E-state index contributed by atoms with van der Waals surface area (Å²) < 4.78 is 5.80. The number of nitrogens with zero attached hydrogens (tertiary/aromatic N) is 3. The summed E-state index contributed by atoms with van der Waals surface area (Å²) in [7, 11) is 0. The average molecular weight is 285 g/mol. The van der Waals surface area contributed by atoms with Crippen LogP contribution in [0.2, 0.25) is 0 Å². The summed E-state index contributed by atoms with van der Waals surface area (Å²) in [5.41, 5.74) is 1.13. The van der Waals surface area contributed by atoms with Gasteiger partial charge in [-0.15, -0.1) is 0 Å². The molecule has 1 aliphatic heterocycles. The molecule has 0 N–H and O–H groups in total. The highest BCUT2D eigenvalue weighted by atomic mass is 16.6. The predicted octanol–water partition coefficient (Wildman–Crippen LogP) is 2.57. The molecule has 1 aromatic carbocycles. The van der Waals surface area contributed by atoms with Crippen molar-refractivity contribution in [2.75, 3.05) is 24.6 Å². The van der Waals surface area contributed by atoms with E-state index < -0.39 is 4.92 Å². The fourth-order valence-corrected chi connectivity index (χ4v) is 2.40. The van der Waals surface area contributed by atoms with E-state index in [0.717, 1.165) is 17.9 Å². The molecule has 108 valence electrons. The molecule has 1 unspecified atom stereocenters. The van der Waals surface area contributed by atoms with Crippen molar-refractivity contribution in [1.29, 1.82) is 0 Å². The lowest BCUT2D eigenvalue weighted by molar-refractivity contribution is -0.385. The second kappa shape index (κ2) is 5.88. The standard InChI is InChI=1S/C15H15N3O3/c19-18(20)13-6-7-15(16-10-13)17-8-9-21-14(11-17)12-4-2-1-3-5-12/h1-7,10,14H,8-9,11H2. The van der Waals surface area contributed by atoms with Crippen molar-refractivity contribution in [1.82, 2.24) is 4.98 Å². The minimum absolute atomic E-state index is 0.00283. The first-order valence-corrected chi connectivity index (χ1v) is 6.76. The Morgan fingerprint density at radius 2 is 2.05 bits per heavy atom. The molecule has 6 heteroatoms. The highest BCUT2D eigenvalue weighted by Gasteiger charge is 2.23. The molecule has 1 atom stereocenters. The molecule has 2 aromatic rings. The van der Waals surface area contributed by atoms with Crippen molar-refractivity contribution in [2.24, 2.45) is 0 Å². The first kappa shape index (κ1) is 13.5. The fourth-order valence-electron chi connectivity index (χ4n) is 2.40. The van der Waals surface area contributed by atoms with Gasteiger partial charge in [0.05, 0.1) is 11.5 Å². The van der Waals surface area contributed by atoms with E-state index in [9.17, 15) is 10.1 Å². The first-order valence-electron chi connectivity index (χ1n) is 6.76. The molecule has 1 aliphatic rings. The van der Waals surface area contributed by atoms with Gasteiger partial charge < -0.3 is 9.64 Å². The summed E-state index contributed by atoms with van der Waals surface area (Å²) in [4.78, 5) is 16.5. The Labute approximate surface area is 122 Å². The van der Waals surface area contributed by atoms with E-state index >= 15 is 0 Å². The number of pyridine rings is 1. The van der Waals surface area contributed by atoms with Gasteiger partial charge in [0.1, 0.15) is 18.1 Å². The van der Waals surface area contributed by atoms with E-state index in [1.807, 2.05) is 30.3 Å². The van der Waals surface area contributed by atoms with Crippen LogP contribution in [0.5, 0.6) is 0 Å². The summed E-state index contributed by atoms with van der Waals surface area (Å²) >= 11 is 0. The van der Waals surface area contributed by atoms with Crippen molar-refractivity contribution in [3.05, 3.63) is 64.3 Å². The highest BCUT2D eigenvalue weighted by Crippen LogP contribution is 2.25. The molecule has 0 saturated carbocycles. The van der Waals surface area contributed by atoms with E-state index in [0.29, 0.717) is 13.2 Å². The molecule has 2 heterocycles. The topological polar surface area (TPSA) is 68.5 Å². The molecule has 0 radical (unpaired) electrons. The molecule has 1 saturated heterocycles. The van der Waals surface area contributed by atoms with E-state index in [1.165, 1.54) is 12.3 Å². The second-order valence-electron chi connectivity index (χ2n) is 4.85. The predicted molar refractivity (Wildman–Crippen MR) is 78.2 cm³/mol. The number of hydrogen-bond donors (Lipinski definition) is 0. The van der Waals surface area contributed by atoms with Gasteiger partial charge in [-0.1, -0.05) is 30.3 Å². The largest absolute Gasteiger partial charge is 0.370 e. The number of aromatic nitrogens is 1. The Bertz CT molecular complexity index is 616. The van der Waals surface area contributed by atoms with Crippen LogP contribution in [0.1, 0.15) is 11.7 Å². The van der Waals surface area contributed by atoms with Gasteiger partial charge in [-0.25, -0.2) is 4.98 Å². The van der Waals surface area contributed by atoms with Crippen LogP contribution < -0.4 is 4.90 Å². The van der Waals surface area contributed by atoms with Crippen molar-refractivity contribution in [3.63, 3.8) is 0 Å². The molecule has 0 bridgehead atoms. The van der Waals surface area contributed by atoms with Gasteiger partial charge in [0, 0.05) is 19.2 Å². The lowest BCUT2D eigenvalue weighted by Crippen LogP contribution is -2.38. The average Bonchev–Trinajstić information content (AvgIpc) is 2.56. The molecule has 21 heavy (non-hydrogen) atoms. The van der Waals surface area contributed by atoms with Gasteiger partial charge in [-0.3, -0.25) is 10.1 Å². The van der Waals surface area contributed by atoms with Gasteiger partial charge in [-0.05, 0) is 11.6 Å². The van der Waals surface area contributed by atoms with Crippen LogP contribution >= 0.6 is 0 Å². The van der Waals surface area contributed by atoms with Crippen molar-refractivity contribution in [2.45, 2.75) is 6.10 Å². The SMILES string of the molecule is O=[N+]([O-])c1ccc(N2CCOC(c3ccccc3)C2)nc1. The highest BCUT2D eigenvalue weighted by molar-refractivity contribution is 5.43. The Kier molecular flexibility index (Phi) is 3.79. The van der Waals surface area contributed by atoms with E-state index in [4.69, 9.17) is 4.74 Å². The van der Waals surface area contributed by atoms with Crippen LogP contribution in [0.3, 0.4) is 0 Å². The number of nitro groups is 1. The van der Waals surface area contributed by atoms with Crippen molar-refractivity contribution < 1.29 is 9.66 Å². The third kappa shape index (κ3) is 3.00. The Hall–Kier alpha value is -2.47. The summed E-state index contributed by atoms with van der Waals surface area (Å²) in [6, 6.07) is 13.2. The van der Waals surface area contributed by atoms with Gasteiger partial charge in [0.25, 0.3) is 5.69 Å². The summed E-state index contributed by atoms with van der Waals surface area (Å²) in [5.74, 6) is 0.741. The summed E-state index contributed by atoms with van der Waals surface area (Å²) in [6.07, 6.45) is 1.29. The molecule has 0 spiro atoms. The fraction of sp³-hybridized carbons (Fsp3) is 0.267. The maximum absolute atomic E-state index is 10.7. The maximum Gasteiger partial charge on any atom is 0.287 e. The van der Waals surface area contributed by atoms with Crippen molar-refractivity contribution >= 4 is 11.5 Å². The minimum atomic E-state index is -0.442. The summed E-state index contributed by atoms with van der Waals surface area (Å²) in [6.45, 7) is 2.03. The first-order chi connectivity index (χ1) is 10.2. The lowest BCUT2D eigenvalue weighted by Gasteiger charge is -2.33. The third-order valence-corrected chi connectivity index (χ3v) is 3.50. The number of rotatable bonds is 3. The molecule has 3 rings (SSSR count). The summed E-state index contributed by atoms with van der Waals surface area (Å²) in [5, 5.41) is 10.7. The molecular formula is C15H15N3O3. The number of ether oxygens (including phenoxy) is 1. The Morgan fingerprint density at radius 3 is 2.71 bits per heavy atom. The van der Waals surface area contributed by atoms with Gasteiger partial charge >= 0.3 is 0 Å². The molecule has 1 aromatic heterocycles. The Morgan fingerprint density at radius 1 is 1.24 bits per heavy atom. The number of anilines is 1. The maximum atomic E-state index is 10.7. The van der Waals surface area contributed by atoms with E-state index in [-0.39, 0.29) is 11.8 Å². The van der Waals surface area contributed by atoms with E-state index in [1.54, 1.807) is 6.07 Å². The number of benzene rings is 1. The third-order valence-electron chi connectivity index (χ3n) is 3.50. The molecular weight excluding hydrogens is 270 g/mol. The van der Waals surface area contributed by atoms with Crippen LogP contribution in [0.25, 0.3) is 0 Å². The zero-order valence-corrected chi connectivity index (χ0v) is 11.4. The zero-order valence-electron chi connectivity index (χ0n) is 11.4. The number of hydrogen-bond acceptors (Lipinski definition) is 5. The molecule has 0 amide bonds. The monoisotopic (exact) mass is 285 g/mol. The van der Waals surface area contributed by atoms with Crippen LogP contribution in [-0.2, 0) is 4.74 Å². The zero-order chi connectivity index (χ0) is 14.7. The molecule has 0 aliphatic carbocycles. The minimum Gasteiger partial charge on any atom is -0.370 e. The van der Waals surface area contributed by atoms with Crippen LogP contribution in [0, 0.1) is 10.1 Å². The Balaban J connectivity index is 1.75. The lowest BCUT2D eigenvalue weighted by atomic mass is 10.1.